The van der Waals surface area contributed by atoms with Gasteiger partial charge in [-0.05, 0) is 0 Å². The van der Waals surface area contributed by atoms with Crippen LogP contribution in [0.3, 0.4) is 0 Å². The largest absolute Gasteiger partial charge is 0.503 e. The Morgan fingerprint density at radius 3 is 2.41 bits per heavy atom. The molecule has 5 N–H and O–H groups in total. The van der Waals surface area contributed by atoms with Crippen molar-refractivity contribution < 1.29 is 13.9 Å². The lowest BCUT2D eigenvalue weighted by molar-refractivity contribution is 0.396. The van der Waals surface area contributed by atoms with Gasteiger partial charge >= 0.3 is 0 Å². The molecular formula is C9H7F2N5O. The van der Waals surface area contributed by atoms with Crippen LogP contribution in [0.15, 0.2) is 17.2 Å². The van der Waals surface area contributed by atoms with E-state index < -0.39 is 28.9 Å². The van der Waals surface area contributed by atoms with Gasteiger partial charge in [0.1, 0.15) is 6.07 Å². The number of anilines is 1. The fraction of sp³-hybridized carbons (Fsp3) is 0. The maximum atomic E-state index is 12.9. The fourth-order valence-electron chi connectivity index (χ4n) is 0.896. The molecule has 0 aromatic heterocycles. The molecule has 0 saturated heterocycles. The lowest BCUT2D eigenvalue weighted by atomic mass is 10.3. The molecule has 0 aliphatic heterocycles. The Morgan fingerprint density at radius 2 is 2.00 bits per heavy atom. The summed E-state index contributed by atoms with van der Waals surface area (Å²) in [5, 5.41) is 27.6. The van der Waals surface area contributed by atoms with Gasteiger partial charge in [-0.1, -0.05) is 0 Å². The minimum Gasteiger partial charge on any atom is -0.503 e. The van der Waals surface area contributed by atoms with E-state index in [1.807, 2.05) is 0 Å². The first-order chi connectivity index (χ1) is 7.95. The van der Waals surface area contributed by atoms with Crippen LogP contribution in [-0.4, -0.2) is 16.7 Å². The predicted octanol–water partition coefficient (Wildman–Crippen LogP) is 0.898. The minimum absolute atomic E-state index is 0.133. The number of phenolic OH excluding ortho intramolecular Hbond substituents is 1. The van der Waals surface area contributed by atoms with Crippen molar-refractivity contribution in [2.45, 2.75) is 0 Å². The number of rotatable bonds is 3. The third-order valence-electron chi connectivity index (χ3n) is 1.67. The summed E-state index contributed by atoms with van der Waals surface area (Å²) in [6.07, 6.45) is 0. The zero-order valence-electron chi connectivity index (χ0n) is 8.33. The molecule has 0 atom stereocenters. The van der Waals surface area contributed by atoms with Crippen molar-refractivity contribution >= 4 is 17.2 Å². The Bertz CT molecular complexity index is 512. The lowest BCUT2D eigenvalue weighted by Crippen LogP contribution is -2.21. The molecule has 88 valence electrons. The summed E-state index contributed by atoms with van der Waals surface area (Å²) in [5.74, 6) is -4.04. The van der Waals surface area contributed by atoms with Gasteiger partial charge < -0.3 is 10.8 Å². The van der Waals surface area contributed by atoms with Crippen molar-refractivity contribution in [3.63, 3.8) is 0 Å². The van der Waals surface area contributed by atoms with Crippen molar-refractivity contribution in [2.24, 2.45) is 10.8 Å². The van der Waals surface area contributed by atoms with Gasteiger partial charge in [0.2, 0.25) is 5.71 Å². The van der Waals surface area contributed by atoms with Gasteiger partial charge in [0.15, 0.2) is 23.2 Å². The highest BCUT2D eigenvalue weighted by atomic mass is 19.1. The quantitative estimate of drug-likeness (QED) is 0.271. The molecule has 0 aliphatic rings. The van der Waals surface area contributed by atoms with Crippen LogP contribution in [0.1, 0.15) is 0 Å². The second kappa shape index (κ2) is 4.89. The number of halogens is 2. The number of nitrogens with one attached hydrogen (secondary N) is 2. The maximum absolute atomic E-state index is 12.9. The Kier molecular flexibility index (Phi) is 3.56. The average Bonchev–Trinajstić information content (AvgIpc) is 2.26. The van der Waals surface area contributed by atoms with Crippen molar-refractivity contribution in [3.8, 4) is 11.8 Å². The summed E-state index contributed by atoms with van der Waals surface area (Å²) in [7, 11) is 0. The zero-order chi connectivity index (χ0) is 13.0. The molecule has 8 heteroatoms. The standard InChI is InChI=1S/C9H7F2N5O/c10-5-1-4(2-6(11)8(5)17)15-16-7(3-12)9(13)14/h1-2,15,17H,(H3,13,14)/b16-7+. The molecule has 1 aromatic rings. The van der Waals surface area contributed by atoms with Crippen LogP contribution in [0, 0.1) is 28.4 Å². The first-order valence-electron chi connectivity index (χ1n) is 4.22. The SMILES string of the molecule is N#C/C(=N\Nc1cc(F)c(O)c(F)c1)C(=N)N. The molecule has 0 spiro atoms. The highest BCUT2D eigenvalue weighted by Gasteiger charge is 2.09. The van der Waals surface area contributed by atoms with E-state index in [0.717, 1.165) is 12.1 Å². The van der Waals surface area contributed by atoms with Gasteiger partial charge in [-0.3, -0.25) is 10.8 Å². The van der Waals surface area contributed by atoms with E-state index in [-0.39, 0.29) is 5.69 Å². The van der Waals surface area contributed by atoms with Crippen LogP contribution in [0.25, 0.3) is 0 Å². The monoisotopic (exact) mass is 239 g/mol. The molecule has 6 nitrogen and oxygen atoms in total. The Morgan fingerprint density at radius 1 is 1.47 bits per heavy atom. The van der Waals surface area contributed by atoms with E-state index in [2.05, 4.69) is 10.5 Å². The van der Waals surface area contributed by atoms with Crippen molar-refractivity contribution in [1.29, 1.82) is 10.7 Å². The normalized spacial score (nSPS) is 10.8. The number of hydrogen-bond donors (Lipinski definition) is 4. The molecule has 1 rings (SSSR count). The van der Waals surface area contributed by atoms with Gasteiger partial charge in [-0.25, -0.2) is 8.78 Å². The smallest absolute Gasteiger partial charge is 0.201 e. The summed E-state index contributed by atoms with van der Waals surface area (Å²) in [6, 6.07) is 3.06. The number of nitrogens with zero attached hydrogens (tertiary/aromatic N) is 2. The molecule has 0 fully saturated rings. The van der Waals surface area contributed by atoms with Crippen molar-refractivity contribution in [1.82, 2.24) is 0 Å². The fourth-order valence-corrected chi connectivity index (χ4v) is 0.896. The molecule has 0 bridgehead atoms. The number of hydrazone groups is 1. The number of phenols is 1. The van der Waals surface area contributed by atoms with Crippen LogP contribution in [-0.2, 0) is 0 Å². The number of nitrogens with two attached hydrogens (primary N) is 1. The number of nitriles is 1. The Labute approximate surface area is 94.5 Å². The summed E-state index contributed by atoms with van der Waals surface area (Å²) in [5.41, 5.74) is 6.57. The second-order valence-corrected chi connectivity index (χ2v) is 2.89. The van der Waals surface area contributed by atoms with Gasteiger partial charge in [0.25, 0.3) is 0 Å². The topological polar surface area (TPSA) is 118 Å². The molecular weight excluding hydrogens is 232 g/mol. The van der Waals surface area contributed by atoms with Crippen LogP contribution < -0.4 is 11.2 Å². The van der Waals surface area contributed by atoms with Crippen LogP contribution in [0.5, 0.6) is 5.75 Å². The molecule has 1 aromatic carbocycles. The van der Waals surface area contributed by atoms with Crippen LogP contribution in [0.4, 0.5) is 14.5 Å². The predicted molar refractivity (Wildman–Crippen MR) is 56.6 cm³/mol. The number of aromatic hydroxyl groups is 1. The second-order valence-electron chi connectivity index (χ2n) is 2.89. The number of benzene rings is 1. The van der Waals surface area contributed by atoms with Gasteiger partial charge in [-0.15, -0.1) is 0 Å². The summed E-state index contributed by atoms with van der Waals surface area (Å²) >= 11 is 0. The van der Waals surface area contributed by atoms with E-state index in [9.17, 15) is 8.78 Å². The van der Waals surface area contributed by atoms with E-state index in [1.165, 1.54) is 6.07 Å². The Hall–Kier alpha value is -2.69. The highest BCUT2D eigenvalue weighted by Crippen LogP contribution is 2.23. The summed E-state index contributed by atoms with van der Waals surface area (Å²) < 4.78 is 25.8. The number of hydrogen-bond acceptors (Lipinski definition) is 5. The van der Waals surface area contributed by atoms with Crippen LogP contribution >= 0.6 is 0 Å². The third-order valence-corrected chi connectivity index (χ3v) is 1.67. The van der Waals surface area contributed by atoms with Gasteiger partial charge in [0.05, 0.1) is 5.69 Å². The molecule has 0 heterocycles. The first-order valence-corrected chi connectivity index (χ1v) is 4.22. The van der Waals surface area contributed by atoms with Gasteiger partial charge in [0, 0.05) is 12.1 Å². The van der Waals surface area contributed by atoms with Crippen molar-refractivity contribution in [2.75, 3.05) is 5.43 Å². The molecule has 0 radical (unpaired) electrons. The third kappa shape index (κ3) is 2.88. The molecule has 0 unspecified atom stereocenters. The van der Waals surface area contributed by atoms with Gasteiger partial charge in [-0.2, -0.15) is 10.4 Å². The van der Waals surface area contributed by atoms with E-state index in [4.69, 9.17) is 21.5 Å². The Balaban J connectivity index is 2.98. The maximum Gasteiger partial charge on any atom is 0.201 e. The summed E-state index contributed by atoms with van der Waals surface area (Å²) in [6.45, 7) is 0. The lowest BCUT2D eigenvalue weighted by Gasteiger charge is -2.03. The molecule has 17 heavy (non-hydrogen) atoms. The average molecular weight is 239 g/mol. The van der Waals surface area contributed by atoms with Crippen LogP contribution in [0.2, 0.25) is 0 Å². The molecule has 0 saturated carbocycles. The zero-order valence-corrected chi connectivity index (χ0v) is 8.33. The van der Waals surface area contributed by atoms with Crippen molar-refractivity contribution in [3.05, 3.63) is 23.8 Å². The molecule has 0 amide bonds. The number of amidine groups is 1. The first kappa shape index (κ1) is 12.4. The summed E-state index contributed by atoms with van der Waals surface area (Å²) in [4.78, 5) is 0. The van der Waals surface area contributed by atoms with E-state index in [0.29, 0.717) is 0 Å². The van der Waals surface area contributed by atoms with E-state index in [1.54, 1.807) is 0 Å². The minimum atomic E-state index is -1.18. The highest BCUT2D eigenvalue weighted by molar-refractivity contribution is 6.45. The van der Waals surface area contributed by atoms with E-state index >= 15 is 0 Å². The molecule has 0 aliphatic carbocycles.